The molecule has 12 heteroatoms. The fourth-order valence-electron chi connectivity index (χ4n) is 8.62. The number of nitrogens with one attached hydrogen (secondary N) is 1. The average molecular weight is 782 g/mol. The summed E-state index contributed by atoms with van der Waals surface area (Å²) in [6, 6.07) is 12.7. The van der Waals surface area contributed by atoms with Crippen LogP contribution in [0.1, 0.15) is 123 Å². The Morgan fingerprint density at radius 2 is 1.77 bits per heavy atom. The fraction of sp³-hybridized carbons (Fsp3) is 0.489. The van der Waals surface area contributed by atoms with Gasteiger partial charge in [0.15, 0.2) is 0 Å². The van der Waals surface area contributed by atoms with Crippen LogP contribution in [-0.4, -0.2) is 75.6 Å². The minimum absolute atomic E-state index is 0.0108. The molecular formula is C45H55N3O9. The number of methoxy groups -OCH3 is 1. The number of cyclic esters (lactones) is 1. The van der Waals surface area contributed by atoms with E-state index >= 15 is 0 Å². The van der Waals surface area contributed by atoms with Crippen LogP contribution in [0.2, 0.25) is 0 Å². The van der Waals surface area contributed by atoms with Gasteiger partial charge in [0.25, 0.3) is 5.56 Å². The molecular weight excluding hydrogens is 727 g/mol. The quantitative estimate of drug-likeness (QED) is 0.207. The molecule has 6 rings (SSSR count). The van der Waals surface area contributed by atoms with Crippen LogP contribution in [0.4, 0.5) is 0 Å². The number of ketones is 1. The lowest BCUT2D eigenvalue weighted by atomic mass is 9.82. The standard InChI is InChI=1S/C45H55N3O9/c1-5-27(2)42(44(54)47-24-29-21-32(26-47)36-15-10-16-39(52)48(36)25-29)46-38(51)23-35(30-17-19-34(56-4)20-18-30)41-37(50)22-31-12-7-6-8-13-33(49)14-9-11-28(3)57-45(55)40(31)43(41)53/h7,10,12,15-20,22,27-29,32,35,42,50,53H,5-6,8-9,11,13-14,21,23-26H2,1-4H3,(H,46,51)/b12-7+/t27?,28-,29+,32-,35?,42-/m0/s1. The molecule has 12 nitrogen and oxygen atoms in total. The number of amides is 2. The van der Waals surface area contributed by atoms with Crippen molar-refractivity contribution >= 4 is 29.6 Å². The number of likely N-dealkylation sites (tertiary alicyclic amines) is 1. The molecule has 3 aliphatic rings. The maximum absolute atomic E-state index is 14.4. The van der Waals surface area contributed by atoms with Gasteiger partial charge in [-0.3, -0.25) is 19.2 Å². The predicted octanol–water partition coefficient (Wildman–Crippen LogP) is 6.45. The zero-order valence-electron chi connectivity index (χ0n) is 33.4. The normalized spacial score (nSPS) is 22.1. The van der Waals surface area contributed by atoms with Gasteiger partial charge in [-0.1, -0.05) is 50.6 Å². The maximum atomic E-state index is 14.4. The molecule has 304 valence electrons. The average Bonchev–Trinajstić information content (AvgIpc) is 3.18. The number of pyridine rings is 1. The van der Waals surface area contributed by atoms with E-state index in [1.807, 2.05) is 29.4 Å². The van der Waals surface area contributed by atoms with Crippen LogP contribution in [-0.2, 0) is 25.7 Å². The van der Waals surface area contributed by atoms with Crippen LogP contribution in [0.5, 0.6) is 17.2 Å². The second kappa shape index (κ2) is 18.3. The van der Waals surface area contributed by atoms with E-state index in [0.717, 1.165) is 12.1 Å². The Kier molecular flexibility index (Phi) is 13.2. The van der Waals surface area contributed by atoms with Crippen molar-refractivity contribution in [2.75, 3.05) is 20.2 Å². The lowest BCUT2D eigenvalue weighted by Crippen LogP contribution is -2.56. The van der Waals surface area contributed by atoms with Crippen molar-refractivity contribution in [1.29, 1.82) is 0 Å². The van der Waals surface area contributed by atoms with Gasteiger partial charge >= 0.3 is 5.97 Å². The summed E-state index contributed by atoms with van der Waals surface area (Å²) in [5.41, 5.74) is 1.53. The first kappa shape index (κ1) is 41.2. The van der Waals surface area contributed by atoms with E-state index in [4.69, 9.17) is 9.47 Å². The van der Waals surface area contributed by atoms with Crippen molar-refractivity contribution in [2.24, 2.45) is 11.8 Å². The first-order valence-corrected chi connectivity index (χ1v) is 20.3. The van der Waals surface area contributed by atoms with Gasteiger partial charge in [-0.25, -0.2) is 4.79 Å². The summed E-state index contributed by atoms with van der Waals surface area (Å²) in [6.45, 7) is 7.07. The molecule has 1 aromatic heterocycles. The number of nitrogens with zero attached hydrogens (tertiary/aromatic N) is 2. The fourth-order valence-corrected chi connectivity index (χ4v) is 8.62. The highest BCUT2D eigenvalue weighted by Crippen LogP contribution is 2.44. The second-order valence-corrected chi connectivity index (χ2v) is 16.0. The first-order valence-electron chi connectivity index (χ1n) is 20.3. The van der Waals surface area contributed by atoms with Crippen LogP contribution in [0, 0.1) is 11.8 Å². The molecule has 0 radical (unpaired) electrons. The van der Waals surface area contributed by atoms with E-state index < -0.39 is 35.7 Å². The summed E-state index contributed by atoms with van der Waals surface area (Å²) in [4.78, 5) is 69.1. The number of ether oxygens (including phenoxy) is 2. The molecule has 2 unspecified atom stereocenters. The van der Waals surface area contributed by atoms with Gasteiger partial charge < -0.3 is 34.5 Å². The highest BCUT2D eigenvalue weighted by molar-refractivity contribution is 5.98. The third kappa shape index (κ3) is 9.43. The number of benzene rings is 2. The molecule has 2 bridgehead atoms. The van der Waals surface area contributed by atoms with E-state index in [1.165, 1.54) is 13.2 Å². The van der Waals surface area contributed by atoms with Crippen molar-refractivity contribution in [3.63, 3.8) is 0 Å². The number of Topliss-reactive ketones (excluding diaryl/α,β-unsaturated/α-hetero) is 1. The summed E-state index contributed by atoms with van der Waals surface area (Å²) >= 11 is 0. The maximum Gasteiger partial charge on any atom is 0.342 e. The topological polar surface area (TPSA) is 164 Å². The van der Waals surface area contributed by atoms with E-state index in [0.29, 0.717) is 75.9 Å². The van der Waals surface area contributed by atoms with E-state index in [1.54, 1.807) is 55.5 Å². The van der Waals surface area contributed by atoms with Gasteiger partial charge in [0, 0.05) is 68.1 Å². The molecule has 0 spiro atoms. The molecule has 3 aromatic rings. The molecule has 2 amide bonds. The van der Waals surface area contributed by atoms with Crippen molar-refractivity contribution in [3.8, 4) is 17.2 Å². The number of piperidine rings is 1. The van der Waals surface area contributed by atoms with Crippen LogP contribution in [0.15, 0.2) is 59.4 Å². The summed E-state index contributed by atoms with van der Waals surface area (Å²) in [6.07, 6.45) is 7.15. The Balaban J connectivity index is 1.32. The SMILES string of the molecule is CCC(C)[C@H](NC(=O)CC(c1ccc(OC)cc1)c1c(O)cc2c(c1O)C(=O)O[C@@H](C)CCCC(=O)CCC/C=C/2)C(=O)N1C[C@H]2C[C@@H](C1)c1cccc(=O)n1C2. The molecule has 57 heavy (non-hydrogen) atoms. The van der Waals surface area contributed by atoms with Crippen LogP contribution in [0.3, 0.4) is 0 Å². The Labute approximate surface area is 333 Å². The Morgan fingerprint density at radius 3 is 2.51 bits per heavy atom. The number of rotatable bonds is 9. The number of aromatic hydroxyl groups is 2. The molecule has 1 fully saturated rings. The number of hydrogen-bond acceptors (Lipinski definition) is 9. The summed E-state index contributed by atoms with van der Waals surface area (Å²) in [5.74, 6) is -2.61. The highest BCUT2D eigenvalue weighted by Gasteiger charge is 2.40. The van der Waals surface area contributed by atoms with Crippen molar-refractivity contribution in [3.05, 3.63) is 92.9 Å². The molecule has 1 saturated heterocycles. The van der Waals surface area contributed by atoms with Crippen molar-refractivity contribution < 1.29 is 38.9 Å². The Hall–Kier alpha value is -5.39. The minimum atomic E-state index is -0.952. The first-order chi connectivity index (χ1) is 27.4. The summed E-state index contributed by atoms with van der Waals surface area (Å²) in [7, 11) is 1.53. The lowest BCUT2D eigenvalue weighted by molar-refractivity contribution is -0.140. The van der Waals surface area contributed by atoms with Gasteiger partial charge in [-0.05, 0) is 86.3 Å². The molecule has 6 atom stereocenters. The van der Waals surface area contributed by atoms with E-state index in [-0.39, 0.29) is 63.9 Å². The molecule has 0 saturated carbocycles. The van der Waals surface area contributed by atoms with Crippen LogP contribution in [0.25, 0.3) is 6.08 Å². The van der Waals surface area contributed by atoms with Gasteiger partial charge in [-0.2, -0.15) is 0 Å². The number of phenolic OH excluding ortho intramolecular Hbond substituents is 2. The third-order valence-corrected chi connectivity index (χ3v) is 11.9. The predicted molar refractivity (Wildman–Crippen MR) is 215 cm³/mol. The van der Waals surface area contributed by atoms with E-state index in [9.17, 15) is 34.2 Å². The zero-order valence-corrected chi connectivity index (χ0v) is 33.4. The molecule has 3 aliphatic heterocycles. The van der Waals surface area contributed by atoms with Crippen LogP contribution >= 0.6 is 0 Å². The number of fused-ring (bicyclic) bond motifs is 5. The smallest absolute Gasteiger partial charge is 0.342 e. The van der Waals surface area contributed by atoms with Crippen LogP contribution < -0.4 is 15.6 Å². The van der Waals surface area contributed by atoms with Gasteiger partial charge in [0.2, 0.25) is 11.8 Å². The Morgan fingerprint density at radius 1 is 1.02 bits per heavy atom. The molecule has 4 heterocycles. The molecule has 3 N–H and O–H groups in total. The Bertz CT molecular complexity index is 2060. The number of carbonyl (C=O) groups excluding carboxylic acids is 4. The van der Waals surface area contributed by atoms with Crippen molar-refractivity contribution in [1.82, 2.24) is 14.8 Å². The van der Waals surface area contributed by atoms with Crippen molar-refractivity contribution in [2.45, 2.75) is 109 Å². The van der Waals surface area contributed by atoms with Gasteiger partial charge in [0.05, 0.1) is 13.2 Å². The number of hydrogen-bond donors (Lipinski definition) is 3. The monoisotopic (exact) mass is 781 g/mol. The van der Waals surface area contributed by atoms with E-state index in [2.05, 4.69) is 5.32 Å². The number of esters is 1. The number of phenols is 2. The summed E-state index contributed by atoms with van der Waals surface area (Å²) < 4.78 is 13.0. The van der Waals surface area contributed by atoms with Gasteiger partial charge in [0.1, 0.15) is 34.6 Å². The largest absolute Gasteiger partial charge is 0.507 e. The number of carbonyl (C=O) groups is 4. The second-order valence-electron chi connectivity index (χ2n) is 16.0. The summed E-state index contributed by atoms with van der Waals surface area (Å²) in [5, 5.41) is 26.7. The van der Waals surface area contributed by atoms with Gasteiger partial charge in [-0.15, -0.1) is 0 Å². The molecule has 2 aromatic carbocycles. The number of aromatic nitrogens is 1. The third-order valence-electron chi connectivity index (χ3n) is 11.9. The zero-order chi connectivity index (χ0) is 40.8. The number of allylic oxidation sites excluding steroid dienone is 1. The lowest BCUT2D eigenvalue weighted by Gasteiger charge is -2.44. The highest BCUT2D eigenvalue weighted by atomic mass is 16.5. The molecule has 0 aliphatic carbocycles. The minimum Gasteiger partial charge on any atom is -0.507 e.